The molecule has 0 aliphatic carbocycles. The highest BCUT2D eigenvalue weighted by Crippen LogP contribution is 2.33. The molecule has 5 rings (SSSR count). The summed E-state index contributed by atoms with van der Waals surface area (Å²) in [7, 11) is 1.63. The number of methoxy groups -OCH3 is 1. The van der Waals surface area contributed by atoms with Crippen LogP contribution in [-0.4, -0.2) is 53.7 Å². The second-order valence-corrected chi connectivity index (χ2v) is 9.17. The molecule has 0 radical (unpaired) electrons. The molecule has 10 nitrogen and oxygen atoms in total. The second kappa shape index (κ2) is 11.9. The highest BCUT2D eigenvalue weighted by atomic mass is 35.5. The van der Waals surface area contributed by atoms with Crippen LogP contribution >= 0.6 is 23.2 Å². The summed E-state index contributed by atoms with van der Waals surface area (Å²) in [5, 5.41) is 16.1. The molecule has 1 atom stereocenters. The van der Waals surface area contributed by atoms with Gasteiger partial charge in [0.25, 0.3) is 0 Å². The SMILES string of the molecule is COc1cc(Nc2nc3n(n2)CCCCC3c2ccc(Cl)nc2)ccc1-n1cnc(Cl)c1.O=C(O)C(F)(F)F. The van der Waals surface area contributed by atoms with Crippen LogP contribution in [0, 0.1) is 0 Å². The Hall–Kier alpha value is -3.84. The fourth-order valence-electron chi connectivity index (χ4n) is 4.01. The maximum atomic E-state index is 10.6. The van der Waals surface area contributed by atoms with Crippen molar-refractivity contribution in [3.8, 4) is 11.4 Å². The number of aryl methyl sites for hydroxylation is 1. The lowest BCUT2D eigenvalue weighted by atomic mass is 9.95. The number of alkyl halides is 3. The molecule has 1 aliphatic heterocycles. The molecule has 0 saturated heterocycles. The Bertz CT molecular complexity index is 1440. The number of hydrogen-bond acceptors (Lipinski definition) is 7. The van der Waals surface area contributed by atoms with Crippen molar-refractivity contribution in [3.63, 3.8) is 0 Å². The largest absolute Gasteiger partial charge is 0.494 e. The van der Waals surface area contributed by atoms with E-state index in [4.69, 9.17) is 47.9 Å². The summed E-state index contributed by atoms with van der Waals surface area (Å²) in [5.74, 6) is -0.462. The third-order valence-electron chi connectivity index (χ3n) is 5.78. The van der Waals surface area contributed by atoms with Crippen molar-refractivity contribution in [3.05, 3.63) is 70.7 Å². The minimum atomic E-state index is -5.08. The summed E-state index contributed by atoms with van der Waals surface area (Å²) in [4.78, 5) is 22.0. The van der Waals surface area contributed by atoms with Gasteiger partial charge in [-0.05, 0) is 36.6 Å². The first-order chi connectivity index (χ1) is 18.5. The van der Waals surface area contributed by atoms with Gasteiger partial charge in [-0.15, -0.1) is 5.10 Å². The summed E-state index contributed by atoms with van der Waals surface area (Å²) in [5.41, 5.74) is 2.75. The smallest absolute Gasteiger partial charge is 0.490 e. The molecule has 206 valence electrons. The van der Waals surface area contributed by atoms with Crippen molar-refractivity contribution in [2.75, 3.05) is 12.4 Å². The molecule has 1 aliphatic rings. The zero-order chi connectivity index (χ0) is 28.2. The van der Waals surface area contributed by atoms with Crippen LogP contribution in [0.3, 0.4) is 0 Å². The number of carboxylic acids is 1. The highest BCUT2D eigenvalue weighted by Gasteiger charge is 2.38. The first-order valence-corrected chi connectivity index (χ1v) is 12.3. The van der Waals surface area contributed by atoms with Crippen LogP contribution in [-0.2, 0) is 11.3 Å². The first-order valence-electron chi connectivity index (χ1n) is 11.6. The third kappa shape index (κ3) is 6.98. The summed E-state index contributed by atoms with van der Waals surface area (Å²) in [6.07, 6.45) is 3.29. The Morgan fingerprint density at radius 3 is 2.54 bits per heavy atom. The van der Waals surface area contributed by atoms with E-state index in [1.54, 1.807) is 19.6 Å². The van der Waals surface area contributed by atoms with Crippen molar-refractivity contribution in [2.24, 2.45) is 0 Å². The molecular weight excluding hydrogens is 562 g/mol. The molecule has 1 aromatic carbocycles. The van der Waals surface area contributed by atoms with E-state index in [2.05, 4.69) is 15.3 Å². The summed E-state index contributed by atoms with van der Waals surface area (Å²) >= 11 is 11.9. The maximum absolute atomic E-state index is 10.6. The average molecular weight is 584 g/mol. The molecule has 39 heavy (non-hydrogen) atoms. The molecule has 4 aromatic rings. The van der Waals surface area contributed by atoms with Gasteiger partial charge < -0.3 is 19.7 Å². The minimum absolute atomic E-state index is 0.133. The molecule has 4 heterocycles. The Balaban J connectivity index is 0.000000448. The van der Waals surface area contributed by atoms with E-state index in [0.29, 0.717) is 22.0 Å². The number of carbonyl (C=O) groups is 1. The Labute approximate surface area is 230 Å². The molecule has 0 spiro atoms. The topological polar surface area (TPSA) is 120 Å². The number of halogens is 5. The maximum Gasteiger partial charge on any atom is 0.490 e. The number of pyridine rings is 1. The number of hydrogen-bond donors (Lipinski definition) is 2. The summed E-state index contributed by atoms with van der Waals surface area (Å²) < 4.78 is 41.1. The van der Waals surface area contributed by atoms with Gasteiger partial charge in [0.05, 0.1) is 12.8 Å². The normalized spacial score (nSPS) is 15.0. The van der Waals surface area contributed by atoms with Gasteiger partial charge in [-0.2, -0.15) is 18.2 Å². The second-order valence-electron chi connectivity index (χ2n) is 8.40. The molecule has 1 unspecified atom stereocenters. The monoisotopic (exact) mass is 583 g/mol. The number of rotatable bonds is 5. The molecule has 15 heteroatoms. The minimum Gasteiger partial charge on any atom is -0.494 e. The van der Waals surface area contributed by atoms with Crippen molar-refractivity contribution in [1.29, 1.82) is 0 Å². The Morgan fingerprint density at radius 1 is 1.15 bits per heavy atom. The van der Waals surface area contributed by atoms with Crippen LogP contribution in [0.25, 0.3) is 5.69 Å². The van der Waals surface area contributed by atoms with Crippen LogP contribution in [0.5, 0.6) is 5.75 Å². The van der Waals surface area contributed by atoms with E-state index in [1.165, 1.54) is 0 Å². The highest BCUT2D eigenvalue weighted by molar-refractivity contribution is 6.29. The molecule has 0 saturated carbocycles. The number of nitrogens with zero attached hydrogens (tertiary/aromatic N) is 6. The van der Waals surface area contributed by atoms with Crippen molar-refractivity contribution >= 4 is 40.8 Å². The molecule has 3 aromatic heterocycles. The fraction of sp³-hybridized carbons (Fsp3) is 0.292. The number of aromatic nitrogens is 6. The number of nitrogens with one attached hydrogen (secondary N) is 1. The Kier molecular flexibility index (Phi) is 8.60. The molecule has 0 bridgehead atoms. The van der Waals surface area contributed by atoms with Crippen LogP contribution < -0.4 is 10.1 Å². The van der Waals surface area contributed by atoms with Gasteiger partial charge in [0, 0.05) is 36.6 Å². The van der Waals surface area contributed by atoms with Gasteiger partial charge in [0.2, 0.25) is 5.95 Å². The zero-order valence-electron chi connectivity index (χ0n) is 20.4. The first kappa shape index (κ1) is 28.2. The van der Waals surface area contributed by atoms with E-state index in [0.717, 1.165) is 48.6 Å². The number of aliphatic carboxylic acids is 1. The number of benzene rings is 1. The van der Waals surface area contributed by atoms with E-state index < -0.39 is 12.1 Å². The van der Waals surface area contributed by atoms with Gasteiger partial charge in [-0.1, -0.05) is 35.7 Å². The lowest BCUT2D eigenvalue weighted by molar-refractivity contribution is -0.192. The molecule has 2 N–H and O–H groups in total. The van der Waals surface area contributed by atoms with Crippen LogP contribution in [0.15, 0.2) is 49.1 Å². The number of fused-ring (bicyclic) bond motifs is 1. The number of carboxylic acid groups (broad SMARTS) is 1. The summed E-state index contributed by atoms with van der Waals surface area (Å²) in [6, 6.07) is 9.61. The van der Waals surface area contributed by atoms with Crippen LogP contribution in [0.4, 0.5) is 24.8 Å². The van der Waals surface area contributed by atoms with Gasteiger partial charge in [-0.25, -0.2) is 19.4 Å². The van der Waals surface area contributed by atoms with Crippen LogP contribution in [0.2, 0.25) is 10.3 Å². The zero-order valence-corrected chi connectivity index (χ0v) is 21.9. The third-order valence-corrected chi connectivity index (χ3v) is 6.20. The Morgan fingerprint density at radius 2 is 1.92 bits per heavy atom. The average Bonchev–Trinajstić information content (AvgIpc) is 3.45. The van der Waals surface area contributed by atoms with E-state index in [1.807, 2.05) is 45.8 Å². The summed E-state index contributed by atoms with van der Waals surface area (Å²) in [6.45, 7) is 0.838. The standard InChI is InChI=1S/C22H21Cl2N7O.C2HF3O2/c1-32-18-10-15(6-7-17(18)30-12-20(24)26-13-30)27-22-28-21-16(4-2-3-9-31(21)29-22)14-5-8-19(23)25-11-14;3-2(4,5)1(6)7/h5-8,10-13,16H,2-4,9H2,1H3,(H,27,29);(H,6,7). The lowest BCUT2D eigenvalue weighted by Gasteiger charge is -2.13. The van der Waals surface area contributed by atoms with E-state index in [-0.39, 0.29) is 5.92 Å². The fourth-order valence-corrected chi connectivity index (χ4v) is 4.27. The predicted octanol–water partition coefficient (Wildman–Crippen LogP) is 5.87. The van der Waals surface area contributed by atoms with E-state index in [9.17, 15) is 13.2 Å². The van der Waals surface area contributed by atoms with Gasteiger partial charge in [0.1, 0.15) is 28.2 Å². The van der Waals surface area contributed by atoms with E-state index >= 15 is 0 Å². The molecule has 0 amide bonds. The van der Waals surface area contributed by atoms with Crippen molar-refractivity contribution < 1.29 is 27.8 Å². The number of anilines is 2. The predicted molar refractivity (Wildman–Crippen MR) is 137 cm³/mol. The van der Waals surface area contributed by atoms with Gasteiger partial charge >= 0.3 is 12.1 Å². The molecule has 0 fully saturated rings. The van der Waals surface area contributed by atoms with Gasteiger partial charge in [-0.3, -0.25) is 0 Å². The number of imidazole rings is 1. The molecular formula is C24H22Cl2F3N7O3. The van der Waals surface area contributed by atoms with Crippen LogP contribution in [0.1, 0.15) is 36.6 Å². The van der Waals surface area contributed by atoms with Gasteiger partial charge in [0.15, 0.2) is 0 Å². The number of ether oxygens (including phenoxy) is 1. The lowest BCUT2D eigenvalue weighted by Crippen LogP contribution is -2.21. The van der Waals surface area contributed by atoms with Crippen molar-refractivity contribution in [1.82, 2.24) is 29.3 Å². The quantitative estimate of drug-likeness (QED) is 0.280. The van der Waals surface area contributed by atoms with Crippen molar-refractivity contribution in [2.45, 2.75) is 37.9 Å².